The Morgan fingerprint density at radius 2 is 2.24 bits per heavy atom. The molecule has 0 bridgehead atoms. The lowest BCUT2D eigenvalue weighted by atomic mass is 9.91. The van der Waals surface area contributed by atoms with Gasteiger partial charge in [-0.2, -0.15) is 0 Å². The molecule has 4 nitrogen and oxygen atoms in total. The molecule has 2 aliphatic rings. The van der Waals surface area contributed by atoms with Crippen LogP contribution >= 0.6 is 0 Å². The van der Waals surface area contributed by atoms with Crippen LogP contribution in [-0.4, -0.2) is 28.8 Å². The van der Waals surface area contributed by atoms with Crippen LogP contribution < -0.4 is 4.90 Å². The number of fused-ring (bicyclic) bond motifs is 3. The average Bonchev–Trinajstić information content (AvgIpc) is 2.64. The molecule has 0 aromatic heterocycles. The second-order valence-corrected chi connectivity index (χ2v) is 4.92. The molecule has 2 atom stereocenters. The quantitative estimate of drug-likeness (QED) is 0.773. The largest absolute Gasteiger partial charge is 0.508 e. The number of piperidine rings is 1. The zero-order chi connectivity index (χ0) is 12.0. The van der Waals surface area contributed by atoms with Crippen LogP contribution in [0.15, 0.2) is 18.2 Å². The fraction of sp³-hybridized carbons (Fsp3) is 0.462. The highest BCUT2D eigenvalue weighted by atomic mass is 16.4. The number of hydrogen-bond donors (Lipinski definition) is 2. The van der Waals surface area contributed by atoms with Gasteiger partial charge in [-0.05, 0) is 43.0 Å². The van der Waals surface area contributed by atoms with E-state index in [1.807, 2.05) is 6.07 Å². The van der Waals surface area contributed by atoms with E-state index in [0.717, 1.165) is 24.2 Å². The number of hydrogen-bond acceptors (Lipinski definition) is 3. The fourth-order valence-corrected chi connectivity index (χ4v) is 3.06. The maximum atomic E-state index is 11.0. The number of benzene rings is 1. The Bertz CT molecular complexity index is 472. The van der Waals surface area contributed by atoms with Gasteiger partial charge < -0.3 is 15.1 Å². The lowest BCUT2D eigenvalue weighted by Gasteiger charge is -2.35. The molecule has 0 saturated carbocycles. The smallest absolute Gasteiger partial charge is 0.306 e. The van der Waals surface area contributed by atoms with Gasteiger partial charge in [0.05, 0.1) is 5.92 Å². The van der Waals surface area contributed by atoms with Crippen molar-refractivity contribution in [2.24, 2.45) is 5.92 Å². The lowest BCUT2D eigenvalue weighted by Crippen LogP contribution is -2.42. The number of carbonyl (C=O) groups is 1. The van der Waals surface area contributed by atoms with Gasteiger partial charge in [0.1, 0.15) is 5.75 Å². The van der Waals surface area contributed by atoms with Gasteiger partial charge in [-0.15, -0.1) is 0 Å². The Balaban J connectivity index is 1.86. The van der Waals surface area contributed by atoms with E-state index in [9.17, 15) is 9.90 Å². The summed E-state index contributed by atoms with van der Waals surface area (Å²) in [7, 11) is 0. The van der Waals surface area contributed by atoms with Crippen molar-refractivity contribution in [2.45, 2.75) is 25.3 Å². The first-order valence-electron chi connectivity index (χ1n) is 5.96. The number of phenols is 1. The van der Waals surface area contributed by atoms with Gasteiger partial charge in [0.15, 0.2) is 0 Å². The summed E-state index contributed by atoms with van der Waals surface area (Å²) in [6.07, 6.45) is 2.28. The van der Waals surface area contributed by atoms with Crippen LogP contribution in [-0.2, 0) is 11.2 Å². The second kappa shape index (κ2) is 3.65. The van der Waals surface area contributed by atoms with E-state index in [4.69, 9.17) is 5.11 Å². The predicted octanol–water partition coefficient (Wildman–Crippen LogP) is 1.62. The van der Waals surface area contributed by atoms with Crippen LogP contribution in [0.2, 0.25) is 0 Å². The predicted molar refractivity (Wildman–Crippen MR) is 63.3 cm³/mol. The molecular weight excluding hydrogens is 218 g/mol. The van der Waals surface area contributed by atoms with Gasteiger partial charge in [0, 0.05) is 18.3 Å². The minimum atomic E-state index is -0.677. The van der Waals surface area contributed by atoms with Crippen LogP contribution in [0, 0.1) is 5.92 Å². The molecule has 0 amide bonds. The Kier molecular flexibility index (Phi) is 2.24. The Hall–Kier alpha value is -1.71. The van der Waals surface area contributed by atoms with Crippen molar-refractivity contribution >= 4 is 11.7 Å². The van der Waals surface area contributed by atoms with Crippen LogP contribution in [0.4, 0.5) is 5.69 Å². The minimum Gasteiger partial charge on any atom is -0.508 e. The standard InChI is InChI=1S/C13H15NO3/c15-11-1-2-12-9(7-11)6-10-5-8(13(16)17)3-4-14(10)12/h1-2,7-8,10,15H,3-6H2,(H,16,17). The number of phenolic OH excluding ortho intramolecular Hbond substituents is 1. The third-order valence-corrected chi connectivity index (χ3v) is 3.89. The van der Waals surface area contributed by atoms with Crippen molar-refractivity contribution in [1.82, 2.24) is 0 Å². The molecule has 4 heteroatoms. The van der Waals surface area contributed by atoms with Gasteiger partial charge in [-0.25, -0.2) is 0 Å². The van der Waals surface area contributed by atoms with E-state index >= 15 is 0 Å². The molecule has 1 fully saturated rings. The SMILES string of the molecule is O=C(O)C1CCN2c3ccc(O)cc3CC2C1. The van der Waals surface area contributed by atoms with E-state index in [2.05, 4.69) is 4.90 Å². The molecule has 90 valence electrons. The van der Waals surface area contributed by atoms with Gasteiger partial charge in [0.2, 0.25) is 0 Å². The molecule has 1 aromatic rings. The Labute approximate surface area is 99.5 Å². The monoisotopic (exact) mass is 233 g/mol. The van der Waals surface area contributed by atoms with Crippen molar-refractivity contribution in [1.29, 1.82) is 0 Å². The normalized spacial score (nSPS) is 26.5. The number of rotatable bonds is 1. The van der Waals surface area contributed by atoms with Crippen molar-refractivity contribution < 1.29 is 15.0 Å². The van der Waals surface area contributed by atoms with E-state index < -0.39 is 5.97 Å². The van der Waals surface area contributed by atoms with Crippen LogP contribution in [0.25, 0.3) is 0 Å². The highest BCUT2D eigenvalue weighted by Gasteiger charge is 2.37. The average molecular weight is 233 g/mol. The summed E-state index contributed by atoms with van der Waals surface area (Å²) in [6.45, 7) is 0.805. The van der Waals surface area contributed by atoms with E-state index in [0.29, 0.717) is 24.6 Å². The third kappa shape index (κ3) is 1.64. The fourth-order valence-electron chi connectivity index (χ4n) is 3.06. The first-order chi connectivity index (χ1) is 8.15. The molecule has 0 spiro atoms. The first-order valence-corrected chi connectivity index (χ1v) is 5.96. The van der Waals surface area contributed by atoms with Crippen LogP contribution in [0.5, 0.6) is 5.75 Å². The van der Waals surface area contributed by atoms with Crippen molar-refractivity contribution in [3.63, 3.8) is 0 Å². The summed E-state index contributed by atoms with van der Waals surface area (Å²) in [5.74, 6) is -0.596. The number of anilines is 1. The van der Waals surface area contributed by atoms with E-state index in [1.165, 1.54) is 0 Å². The molecule has 2 heterocycles. The summed E-state index contributed by atoms with van der Waals surface area (Å²) in [4.78, 5) is 13.3. The first kappa shape index (κ1) is 10.4. The zero-order valence-corrected chi connectivity index (χ0v) is 9.47. The molecule has 1 aromatic carbocycles. The molecule has 2 aliphatic heterocycles. The molecular formula is C13H15NO3. The van der Waals surface area contributed by atoms with Gasteiger partial charge >= 0.3 is 5.97 Å². The molecule has 0 aliphatic carbocycles. The molecule has 3 rings (SSSR count). The van der Waals surface area contributed by atoms with E-state index in [1.54, 1.807) is 12.1 Å². The van der Waals surface area contributed by atoms with Gasteiger partial charge in [-0.1, -0.05) is 0 Å². The Morgan fingerprint density at radius 1 is 1.41 bits per heavy atom. The van der Waals surface area contributed by atoms with Crippen LogP contribution in [0.3, 0.4) is 0 Å². The van der Waals surface area contributed by atoms with Gasteiger partial charge in [-0.3, -0.25) is 4.79 Å². The van der Waals surface area contributed by atoms with Gasteiger partial charge in [0.25, 0.3) is 0 Å². The van der Waals surface area contributed by atoms with E-state index in [-0.39, 0.29) is 5.92 Å². The lowest BCUT2D eigenvalue weighted by molar-refractivity contribution is -0.142. The summed E-state index contributed by atoms with van der Waals surface area (Å²) in [5.41, 5.74) is 2.30. The zero-order valence-electron chi connectivity index (χ0n) is 9.47. The van der Waals surface area contributed by atoms with Crippen LogP contribution in [0.1, 0.15) is 18.4 Å². The number of aliphatic carboxylic acids is 1. The van der Waals surface area contributed by atoms with Crippen molar-refractivity contribution in [3.05, 3.63) is 23.8 Å². The number of carboxylic acids is 1. The topological polar surface area (TPSA) is 60.8 Å². The molecule has 2 N–H and O–H groups in total. The number of carboxylic acid groups (broad SMARTS) is 1. The summed E-state index contributed by atoms with van der Waals surface area (Å²) in [6, 6.07) is 5.72. The highest BCUT2D eigenvalue weighted by molar-refractivity contribution is 5.71. The minimum absolute atomic E-state index is 0.209. The Morgan fingerprint density at radius 3 is 3.00 bits per heavy atom. The second-order valence-electron chi connectivity index (χ2n) is 4.92. The molecule has 17 heavy (non-hydrogen) atoms. The molecule has 2 unspecified atom stereocenters. The highest BCUT2D eigenvalue weighted by Crippen LogP contribution is 2.39. The molecule has 0 radical (unpaired) electrons. The summed E-state index contributed by atoms with van der Waals surface area (Å²) < 4.78 is 0. The molecule has 1 saturated heterocycles. The van der Waals surface area contributed by atoms with Crippen molar-refractivity contribution in [3.8, 4) is 5.75 Å². The third-order valence-electron chi connectivity index (χ3n) is 3.89. The summed E-state index contributed by atoms with van der Waals surface area (Å²) in [5, 5.41) is 18.5. The maximum absolute atomic E-state index is 11.0. The van der Waals surface area contributed by atoms with Crippen molar-refractivity contribution in [2.75, 3.05) is 11.4 Å². The number of nitrogens with zero attached hydrogens (tertiary/aromatic N) is 1. The number of aromatic hydroxyl groups is 1. The maximum Gasteiger partial charge on any atom is 0.306 e. The summed E-state index contributed by atoms with van der Waals surface area (Å²) >= 11 is 0.